The highest BCUT2D eigenvalue weighted by Gasteiger charge is 2.40. The smallest absolute Gasteiger partial charge is 0.247 e. The van der Waals surface area contributed by atoms with E-state index in [-0.39, 0.29) is 10.8 Å². The quantitative estimate of drug-likeness (QED) is 0.793. The molecule has 0 amide bonds. The van der Waals surface area contributed by atoms with Gasteiger partial charge in [0.15, 0.2) is 0 Å². The molecule has 21 heavy (non-hydrogen) atoms. The predicted octanol–water partition coefficient (Wildman–Crippen LogP) is 2.23. The Kier molecular flexibility index (Phi) is 4.82. The lowest BCUT2D eigenvalue weighted by Gasteiger charge is -2.40. The van der Waals surface area contributed by atoms with Crippen molar-refractivity contribution in [2.45, 2.75) is 30.2 Å². The number of hydrogen-bond acceptors (Lipinski definition) is 4. The third-order valence-electron chi connectivity index (χ3n) is 3.52. The molecule has 5 nitrogen and oxygen atoms in total. The molecule has 1 aromatic rings. The van der Waals surface area contributed by atoms with Gasteiger partial charge in [-0.25, -0.2) is 8.42 Å². The summed E-state index contributed by atoms with van der Waals surface area (Å²) >= 11 is 5.82. The summed E-state index contributed by atoms with van der Waals surface area (Å²) in [5.74, 6) is 0.574. The fraction of sp³-hybridized carbons (Fsp3) is 0.571. The van der Waals surface area contributed by atoms with Crippen LogP contribution in [0, 0.1) is 0 Å². The normalized spacial score (nSPS) is 19.4. The number of morpholine rings is 1. The van der Waals surface area contributed by atoms with Crippen LogP contribution in [-0.4, -0.2) is 45.1 Å². The molecule has 0 radical (unpaired) electrons. The molecule has 0 spiro atoms. The predicted molar refractivity (Wildman–Crippen MR) is 81.3 cm³/mol. The lowest BCUT2D eigenvalue weighted by Crippen LogP contribution is -2.55. The van der Waals surface area contributed by atoms with Crippen molar-refractivity contribution in [3.05, 3.63) is 23.8 Å². The van der Waals surface area contributed by atoms with Gasteiger partial charge in [-0.3, -0.25) is 0 Å². The number of methoxy groups -OCH3 is 1. The third kappa shape index (κ3) is 3.18. The first-order valence-electron chi connectivity index (χ1n) is 6.66. The molecule has 0 atom stereocenters. The van der Waals surface area contributed by atoms with Crippen molar-refractivity contribution >= 4 is 21.6 Å². The average molecular weight is 334 g/mol. The molecule has 1 aliphatic rings. The van der Waals surface area contributed by atoms with E-state index in [2.05, 4.69) is 0 Å². The van der Waals surface area contributed by atoms with Crippen LogP contribution in [0.2, 0.25) is 0 Å². The van der Waals surface area contributed by atoms with Crippen molar-refractivity contribution in [3.8, 4) is 5.75 Å². The first-order valence-corrected chi connectivity index (χ1v) is 8.64. The monoisotopic (exact) mass is 333 g/mol. The second-order valence-corrected chi connectivity index (χ2v) is 7.66. The maximum Gasteiger partial charge on any atom is 0.247 e. The summed E-state index contributed by atoms with van der Waals surface area (Å²) in [6, 6.07) is 4.97. The molecular weight excluding hydrogens is 314 g/mol. The molecule has 0 aromatic heterocycles. The molecule has 2 rings (SSSR count). The molecule has 0 saturated carbocycles. The Balaban J connectivity index is 2.52. The van der Waals surface area contributed by atoms with Crippen LogP contribution in [0.5, 0.6) is 5.75 Å². The van der Waals surface area contributed by atoms with E-state index in [9.17, 15) is 8.42 Å². The van der Waals surface area contributed by atoms with Crippen molar-refractivity contribution in [2.24, 2.45) is 0 Å². The van der Waals surface area contributed by atoms with Gasteiger partial charge < -0.3 is 9.47 Å². The summed E-state index contributed by atoms with van der Waals surface area (Å²) in [6.07, 6.45) is 0. The van der Waals surface area contributed by atoms with Crippen LogP contribution >= 0.6 is 11.6 Å². The summed E-state index contributed by atoms with van der Waals surface area (Å²) in [4.78, 5) is 0.151. The fourth-order valence-corrected chi connectivity index (χ4v) is 4.54. The first kappa shape index (κ1) is 16.5. The summed E-state index contributed by atoms with van der Waals surface area (Å²) in [5.41, 5.74) is 0.140. The van der Waals surface area contributed by atoms with E-state index in [0.29, 0.717) is 25.5 Å². The molecule has 118 valence electrons. The van der Waals surface area contributed by atoms with E-state index in [1.165, 1.54) is 11.4 Å². The Hall–Kier alpha value is -0.820. The van der Waals surface area contributed by atoms with Gasteiger partial charge in [-0.1, -0.05) is 6.07 Å². The average Bonchev–Trinajstić information content (AvgIpc) is 2.45. The van der Waals surface area contributed by atoms with Crippen molar-refractivity contribution < 1.29 is 17.9 Å². The third-order valence-corrected chi connectivity index (χ3v) is 5.96. The Morgan fingerprint density at radius 2 is 2.14 bits per heavy atom. The van der Waals surface area contributed by atoms with Crippen LogP contribution in [-0.2, 0) is 20.6 Å². The van der Waals surface area contributed by atoms with E-state index >= 15 is 0 Å². The maximum absolute atomic E-state index is 13.0. The van der Waals surface area contributed by atoms with Crippen LogP contribution in [0.25, 0.3) is 0 Å². The Morgan fingerprint density at radius 3 is 2.71 bits per heavy atom. The number of alkyl halides is 1. The second-order valence-electron chi connectivity index (χ2n) is 5.56. The number of nitrogens with zero attached hydrogens (tertiary/aromatic N) is 1. The van der Waals surface area contributed by atoms with Gasteiger partial charge in [0.25, 0.3) is 0 Å². The Labute approximate surface area is 130 Å². The molecule has 1 fully saturated rings. The van der Waals surface area contributed by atoms with Crippen LogP contribution in [0.3, 0.4) is 0 Å². The van der Waals surface area contributed by atoms with E-state index in [0.717, 1.165) is 5.56 Å². The topological polar surface area (TPSA) is 55.8 Å². The molecule has 1 heterocycles. The van der Waals surface area contributed by atoms with E-state index < -0.39 is 15.6 Å². The Bertz CT molecular complexity index is 615. The molecule has 7 heteroatoms. The van der Waals surface area contributed by atoms with Gasteiger partial charge in [-0.2, -0.15) is 4.31 Å². The zero-order valence-electron chi connectivity index (χ0n) is 12.4. The summed E-state index contributed by atoms with van der Waals surface area (Å²) in [7, 11) is -2.22. The lowest BCUT2D eigenvalue weighted by atomic mass is 10.1. The van der Waals surface area contributed by atoms with Crippen LogP contribution < -0.4 is 4.74 Å². The number of benzene rings is 1. The molecule has 0 aliphatic carbocycles. The van der Waals surface area contributed by atoms with Gasteiger partial charge >= 0.3 is 0 Å². The van der Waals surface area contributed by atoms with E-state index in [1.807, 2.05) is 13.8 Å². The van der Waals surface area contributed by atoms with Crippen LogP contribution in [0.15, 0.2) is 23.1 Å². The van der Waals surface area contributed by atoms with Gasteiger partial charge in [0, 0.05) is 12.4 Å². The minimum absolute atomic E-state index is 0.151. The zero-order valence-corrected chi connectivity index (χ0v) is 14.0. The maximum atomic E-state index is 13.0. The highest BCUT2D eigenvalue weighted by atomic mass is 35.5. The number of rotatable bonds is 4. The molecular formula is C14H20ClNO4S. The van der Waals surface area contributed by atoms with Crippen molar-refractivity contribution in [3.63, 3.8) is 0 Å². The number of hydrogen-bond donors (Lipinski definition) is 0. The minimum Gasteiger partial charge on any atom is -0.495 e. The van der Waals surface area contributed by atoms with Gasteiger partial charge in [0.05, 0.1) is 25.9 Å². The minimum atomic E-state index is -3.68. The standard InChI is InChI=1S/C14H20ClNO4S/c1-14(2)10-20-7-6-16(14)21(17,18)13-8-11(9-15)4-5-12(13)19-3/h4-5,8H,6-7,9-10H2,1-3H3. The SMILES string of the molecule is COc1ccc(CCl)cc1S(=O)(=O)N1CCOCC1(C)C. The van der Waals surface area contributed by atoms with Crippen LogP contribution in [0.4, 0.5) is 0 Å². The lowest BCUT2D eigenvalue weighted by molar-refractivity contribution is -0.00776. The molecule has 0 unspecified atom stereocenters. The van der Waals surface area contributed by atoms with E-state index in [4.69, 9.17) is 21.1 Å². The highest BCUT2D eigenvalue weighted by Crippen LogP contribution is 2.33. The van der Waals surface area contributed by atoms with Gasteiger partial charge in [-0.15, -0.1) is 11.6 Å². The Morgan fingerprint density at radius 1 is 1.43 bits per heavy atom. The zero-order chi connectivity index (χ0) is 15.7. The number of halogens is 1. The molecule has 0 bridgehead atoms. The van der Waals surface area contributed by atoms with Crippen LogP contribution in [0.1, 0.15) is 19.4 Å². The van der Waals surface area contributed by atoms with Crippen molar-refractivity contribution in [1.29, 1.82) is 0 Å². The van der Waals surface area contributed by atoms with Gasteiger partial charge in [0.1, 0.15) is 10.6 Å². The summed E-state index contributed by atoms with van der Waals surface area (Å²) in [5, 5.41) is 0. The molecule has 1 aromatic carbocycles. The van der Waals surface area contributed by atoms with Crippen molar-refractivity contribution in [2.75, 3.05) is 26.9 Å². The number of ether oxygens (including phenoxy) is 2. The molecule has 0 N–H and O–H groups in total. The highest BCUT2D eigenvalue weighted by molar-refractivity contribution is 7.89. The molecule has 1 saturated heterocycles. The number of sulfonamides is 1. The summed E-state index contributed by atoms with van der Waals surface area (Å²) in [6.45, 7) is 4.77. The van der Waals surface area contributed by atoms with Crippen molar-refractivity contribution in [1.82, 2.24) is 4.31 Å². The van der Waals surface area contributed by atoms with Gasteiger partial charge in [-0.05, 0) is 31.5 Å². The summed E-state index contributed by atoms with van der Waals surface area (Å²) < 4.78 is 38.1. The van der Waals surface area contributed by atoms with Gasteiger partial charge in [0.2, 0.25) is 10.0 Å². The first-order chi connectivity index (χ1) is 9.82. The second kappa shape index (κ2) is 6.12. The fourth-order valence-electron chi connectivity index (χ4n) is 2.41. The largest absolute Gasteiger partial charge is 0.495 e. The molecule has 1 aliphatic heterocycles. The van der Waals surface area contributed by atoms with E-state index in [1.54, 1.807) is 18.2 Å².